The Kier molecular flexibility index (Phi) is 6.02. The highest BCUT2D eigenvalue weighted by Crippen LogP contribution is 2.19. The lowest BCUT2D eigenvalue weighted by Crippen LogP contribution is -2.39. The lowest BCUT2D eigenvalue weighted by molar-refractivity contribution is -0.192. The Morgan fingerprint density at radius 1 is 1.24 bits per heavy atom. The average molecular weight is 304 g/mol. The molecule has 0 saturated carbocycles. The van der Waals surface area contributed by atoms with Gasteiger partial charge in [0.15, 0.2) is 0 Å². The van der Waals surface area contributed by atoms with Gasteiger partial charge in [-0.25, -0.2) is 4.79 Å². The Hall–Kier alpha value is -1.76. The van der Waals surface area contributed by atoms with E-state index in [1.54, 1.807) is 0 Å². The molecule has 0 unspecified atom stereocenters. The molecule has 0 aromatic heterocycles. The summed E-state index contributed by atoms with van der Waals surface area (Å²) < 4.78 is 31.7. The summed E-state index contributed by atoms with van der Waals surface area (Å²) in [5.74, 6) is -2.76. The number of alkyl halides is 3. The van der Waals surface area contributed by atoms with E-state index in [4.69, 9.17) is 15.6 Å². The number of piperidine rings is 1. The molecule has 1 fully saturated rings. The zero-order valence-corrected chi connectivity index (χ0v) is 11.7. The summed E-state index contributed by atoms with van der Waals surface area (Å²) in [6.45, 7) is 4.32. The average Bonchev–Trinajstić information content (AvgIpc) is 2.40. The standard InChI is InChI=1S/C12H18N2.C2HF3O2/c1-10-2-4-12(5-3-10)14-8-6-11(13)7-9-14;3-2(4,5)1(6)7/h2-5,11H,6-9,13H2,1H3;(H,6,7). The number of nitrogens with zero attached hydrogens (tertiary/aromatic N) is 1. The van der Waals surface area contributed by atoms with Crippen LogP contribution >= 0.6 is 0 Å². The number of halogens is 3. The minimum atomic E-state index is -5.08. The monoisotopic (exact) mass is 304 g/mol. The fourth-order valence-electron chi connectivity index (χ4n) is 1.91. The van der Waals surface area contributed by atoms with Crippen LogP contribution in [0.4, 0.5) is 18.9 Å². The van der Waals surface area contributed by atoms with Crippen LogP contribution in [0.5, 0.6) is 0 Å². The second-order valence-electron chi connectivity index (χ2n) is 4.96. The van der Waals surface area contributed by atoms with Crippen molar-refractivity contribution in [2.45, 2.75) is 32.0 Å². The molecule has 1 aliphatic rings. The number of hydrogen-bond acceptors (Lipinski definition) is 3. The van der Waals surface area contributed by atoms with E-state index in [-0.39, 0.29) is 0 Å². The molecule has 4 nitrogen and oxygen atoms in total. The Morgan fingerprint density at radius 3 is 2.05 bits per heavy atom. The molecule has 1 saturated heterocycles. The molecule has 0 bridgehead atoms. The maximum Gasteiger partial charge on any atom is 0.490 e. The summed E-state index contributed by atoms with van der Waals surface area (Å²) in [6, 6.07) is 9.16. The Morgan fingerprint density at radius 2 is 1.67 bits per heavy atom. The van der Waals surface area contributed by atoms with Gasteiger partial charge in [-0.2, -0.15) is 13.2 Å². The topological polar surface area (TPSA) is 66.6 Å². The number of anilines is 1. The number of aliphatic carboxylic acids is 1. The van der Waals surface area contributed by atoms with Crippen molar-refractivity contribution in [1.82, 2.24) is 0 Å². The highest BCUT2D eigenvalue weighted by atomic mass is 19.4. The molecule has 1 aromatic carbocycles. The molecule has 118 valence electrons. The lowest BCUT2D eigenvalue weighted by atomic mass is 10.1. The summed E-state index contributed by atoms with van der Waals surface area (Å²) >= 11 is 0. The van der Waals surface area contributed by atoms with Crippen molar-refractivity contribution >= 4 is 11.7 Å². The summed E-state index contributed by atoms with van der Waals surface area (Å²) in [4.78, 5) is 11.3. The fraction of sp³-hybridized carbons (Fsp3) is 0.500. The van der Waals surface area contributed by atoms with E-state index in [2.05, 4.69) is 36.1 Å². The third kappa shape index (κ3) is 6.03. The van der Waals surface area contributed by atoms with E-state index in [1.165, 1.54) is 11.3 Å². The van der Waals surface area contributed by atoms with Crippen LogP contribution < -0.4 is 10.6 Å². The van der Waals surface area contributed by atoms with Crippen molar-refractivity contribution in [3.63, 3.8) is 0 Å². The predicted octanol–water partition coefficient (Wildman–Crippen LogP) is 2.56. The van der Waals surface area contributed by atoms with E-state index in [0.717, 1.165) is 25.9 Å². The van der Waals surface area contributed by atoms with Crippen LogP contribution in [0.2, 0.25) is 0 Å². The minimum absolute atomic E-state index is 0.414. The fourth-order valence-corrected chi connectivity index (χ4v) is 1.91. The zero-order chi connectivity index (χ0) is 16.0. The minimum Gasteiger partial charge on any atom is -0.475 e. The van der Waals surface area contributed by atoms with E-state index >= 15 is 0 Å². The molecule has 1 aliphatic heterocycles. The molecule has 0 amide bonds. The molecule has 1 heterocycles. The highest BCUT2D eigenvalue weighted by molar-refractivity contribution is 5.73. The number of carboxylic acids is 1. The first-order valence-corrected chi connectivity index (χ1v) is 6.57. The first-order valence-electron chi connectivity index (χ1n) is 6.57. The zero-order valence-electron chi connectivity index (χ0n) is 11.7. The van der Waals surface area contributed by atoms with Crippen molar-refractivity contribution in [2.24, 2.45) is 5.73 Å². The maximum atomic E-state index is 10.6. The molecular weight excluding hydrogens is 285 g/mol. The van der Waals surface area contributed by atoms with Crippen LogP contribution in [0.15, 0.2) is 24.3 Å². The molecule has 7 heteroatoms. The van der Waals surface area contributed by atoms with Crippen LogP contribution in [0.3, 0.4) is 0 Å². The van der Waals surface area contributed by atoms with E-state index in [0.29, 0.717) is 6.04 Å². The number of rotatable bonds is 1. The summed E-state index contributed by atoms with van der Waals surface area (Å²) in [5.41, 5.74) is 8.53. The van der Waals surface area contributed by atoms with Crippen molar-refractivity contribution in [3.05, 3.63) is 29.8 Å². The SMILES string of the molecule is Cc1ccc(N2CCC(N)CC2)cc1.O=C(O)C(F)(F)F. The quantitative estimate of drug-likeness (QED) is 0.837. The van der Waals surface area contributed by atoms with Gasteiger partial charge in [0, 0.05) is 24.8 Å². The summed E-state index contributed by atoms with van der Waals surface area (Å²) in [6.07, 6.45) is -2.85. The number of carbonyl (C=O) groups is 1. The van der Waals surface area contributed by atoms with Crippen LogP contribution in [-0.2, 0) is 4.79 Å². The first kappa shape index (κ1) is 17.3. The van der Waals surface area contributed by atoms with Gasteiger partial charge in [0.1, 0.15) is 0 Å². The van der Waals surface area contributed by atoms with Crippen molar-refractivity contribution < 1.29 is 23.1 Å². The van der Waals surface area contributed by atoms with E-state index < -0.39 is 12.1 Å². The Labute approximate surface area is 121 Å². The molecule has 21 heavy (non-hydrogen) atoms. The van der Waals surface area contributed by atoms with Crippen molar-refractivity contribution in [1.29, 1.82) is 0 Å². The first-order chi connectivity index (χ1) is 9.70. The van der Waals surface area contributed by atoms with Gasteiger partial charge in [-0.05, 0) is 31.9 Å². The predicted molar refractivity (Wildman–Crippen MR) is 74.3 cm³/mol. The van der Waals surface area contributed by atoms with Crippen LogP contribution in [0.1, 0.15) is 18.4 Å². The van der Waals surface area contributed by atoms with Crippen LogP contribution in [0, 0.1) is 6.92 Å². The summed E-state index contributed by atoms with van der Waals surface area (Å²) in [7, 11) is 0. The smallest absolute Gasteiger partial charge is 0.475 e. The van der Waals surface area contributed by atoms with Crippen LogP contribution in [-0.4, -0.2) is 36.4 Å². The molecule has 0 radical (unpaired) electrons. The molecule has 2 rings (SSSR count). The molecule has 0 spiro atoms. The largest absolute Gasteiger partial charge is 0.490 e. The summed E-state index contributed by atoms with van der Waals surface area (Å²) in [5, 5.41) is 7.12. The van der Waals surface area contributed by atoms with Gasteiger partial charge in [0.2, 0.25) is 0 Å². The number of hydrogen-bond donors (Lipinski definition) is 2. The molecule has 3 N–H and O–H groups in total. The molecule has 0 aliphatic carbocycles. The lowest BCUT2D eigenvalue weighted by Gasteiger charge is -2.32. The molecule has 1 aromatic rings. The Balaban J connectivity index is 0.000000270. The number of carboxylic acid groups (broad SMARTS) is 1. The van der Waals surface area contributed by atoms with E-state index in [1.807, 2.05) is 0 Å². The van der Waals surface area contributed by atoms with Gasteiger partial charge in [-0.3, -0.25) is 0 Å². The third-order valence-electron chi connectivity index (χ3n) is 3.18. The number of benzene rings is 1. The van der Waals surface area contributed by atoms with Gasteiger partial charge >= 0.3 is 12.1 Å². The van der Waals surface area contributed by atoms with Gasteiger partial charge in [0.25, 0.3) is 0 Å². The van der Waals surface area contributed by atoms with Gasteiger partial charge in [0.05, 0.1) is 0 Å². The third-order valence-corrected chi connectivity index (χ3v) is 3.18. The highest BCUT2D eigenvalue weighted by Gasteiger charge is 2.38. The van der Waals surface area contributed by atoms with E-state index in [9.17, 15) is 13.2 Å². The second-order valence-corrected chi connectivity index (χ2v) is 4.96. The van der Waals surface area contributed by atoms with Crippen molar-refractivity contribution in [2.75, 3.05) is 18.0 Å². The number of aryl methyl sites for hydroxylation is 1. The molecular formula is C14H19F3N2O2. The van der Waals surface area contributed by atoms with Gasteiger partial charge < -0.3 is 15.7 Å². The van der Waals surface area contributed by atoms with Gasteiger partial charge in [-0.15, -0.1) is 0 Å². The second kappa shape index (κ2) is 7.31. The number of nitrogens with two attached hydrogens (primary N) is 1. The Bertz CT molecular complexity index is 452. The molecule has 0 atom stereocenters. The van der Waals surface area contributed by atoms with Crippen LogP contribution in [0.25, 0.3) is 0 Å². The normalized spacial score (nSPS) is 16.1. The van der Waals surface area contributed by atoms with Crippen molar-refractivity contribution in [3.8, 4) is 0 Å². The van der Waals surface area contributed by atoms with Gasteiger partial charge in [-0.1, -0.05) is 17.7 Å². The maximum absolute atomic E-state index is 10.6.